The van der Waals surface area contributed by atoms with Gasteiger partial charge in [-0.05, 0) is 25.7 Å². The standard InChI is InChI=1S/C12H17N3O2/c16-8-12(3-4-12)7-14-10-11(17)15(6-5-13-10)9-1-2-9/h5-6,9,16H,1-4,7-8H2,(H,13,14). The molecule has 0 bridgehead atoms. The van der Waals surface area contributed by atoms with Crippen molar-refractivity contribution in [2.45, 2.75) is 31.7 Å². The molecule has 3 rings (SSSR count). The van der Waals surface area contributed by atoms with Gasteiger partial charge in [0.05, 0.1) is 6.61 Å². The molecule has 1 aromatic heterocycles. The van der Waals surface area contributed by atoms with Crippen molar-refractivity contribution < 1.29 is 5.11 Å². The number of anilines is 1. The summed E-state index contributed by atoms with van der Waals surface area (Å²) in [5.74, 6) is 0.416. The molecule has 2 aliphatic rings. The number of hydrogen-bond acceptors (Lipinski definition) is 4. The summed E-state index contributed by atoms with van der Waals surface area (Å²) in [6.45, 7) is 0.823. The summed E-state index contributed by atoms with van der Waals surface area (Å²) in [6, 6.07) is 0.374. The SMILES string of the molecule is O=c1c(NCC2(CO)CC2)nccn1C1CC1. The molecular weight excluding hydrogens is 218 g/mol. The number of aromatic nitrogens is 2. The molecule has 0 aromatic carbocycles. The maximum Gasteiger partial charge on any atom is 0.293 e. The lowest BCUT2D eigenvalue weighted by atomic mass is 10.1. The molecule has 0 spiro atoms. The molecule has 0 radical (unpaired) electrons. The van der Waals surface area contributed by atoms with E-state index in [9.17, 15) is 9.90 Å². The fourth-order valence-electron chi connectivity index (χ4n) is 2.03. The maximum absolute atomic E-state index is 12.1. The fraction of sp³-hybridized carbons (Fsp3) is 0.667. The zero-order valence-corrected chi connectivity index (χ0v) is 9.72. The Kier molecular flexibility index (Phi) is 2.43. The molecular formula is C12H17N3O2. The summed E-state index contributed by atoms with van der Waals surface area (Å²) < 4.78 is 1.76. The number of aliphatic hydroxyl groups excluding tert-OH is 1. The van der Waals surface area contributed by atoms with Crippen molar-refractivity contribution in [1.29, 1.82) is 0 Å². The minimum absolute atomic E-state index is 0.00558. The van der Waals surface area contributed by atoms with Gasteiger partial charge in [0.15, 0.2) is 5.82 Å². The first-order valence-electron chi connectivity index (χ1n) is 6.16. The van der Waals surface area contributed by atoms with Crippen LogP contribution in [0, 0.1) is 5.41 Å². The minimum Gasteiger partial charge on any atom is -0.396 e. The second kappa shape index (κ2) is 3.84. The van der Waals surface area contributed by atoms with Gasteiger partial charge in [-0.3, -0.25) is 4.79 Å². The molecule has 0 aliphatic heterocycles. The van der Waals surface area contributed by atoms with Gasteiger partial charge in [-0.25, -0.2) is 4.98 Å². The van der Waals surface area contributed by atoms with E-state index in [1.54, 1.807) is 17.0 Å². The van der Waals surface area contributed by atoms with Crippen LogP contribution in [0.15, 0.2) is 17.2 Å². The lowest BCUT2D eigenvalue weighted by Crippen LogP contribution is -2.27. The highest BCUT2D eigenvalue weighted by Crippen LogP contribution is 2.44. The summed E-state index contributed by atoms with van der Waals surface area (Å²) in [5.41, 5.74) is -0.0438. The minimum atomic E-state index is -0.0382. The lowest BCUT2D eigenvalue weighted by Gasteiger charge is -2.13. The van der Waals surface area contributed by atoms with Gasteiger partial charge in [-0.1, -0.05) is 0 Å². The van der Waals surface area contributed by atoms with E-state index in [1.807, 2.05) is 0 Å². The van der Waals surface area contributed by atoms with Gasteiger partial charge in [0, 0.05) is 30.4 Å². The monoisotopic (exact) mass is 235 g/mol. The highest BCUT2D eigenvalue weighted by molar-refractivity contribution is 5.32. The maximum atomic E-state index is 12.1. The summed E-state index contributed by atoms with van der Waals surface area (Å²) in [7, 11) is 0. The van der Waals surface area contributed by atoms with Crippen LogP contribution in [0.4, 0.5) is 5.82 Å². The van der Waals surface area contributed by atoms with Crippen LogP contribution < -0.4 is 10.9 Å². The first-order valence-corrected chi connectivity index (χ1v) is 6.16. The van der Waals surface area contributed by atoms with Crippen LogP contribution in [0.1, 0.15) is 31.7 Å². The van der Waals surface area contributed by atoms with Crippen molar-refractivity contribution in [3.8, 4) is 0 Å². The number of hydrogen-bond donors (Lipinski definition) is 2. The van der Waals surface area contributed by atoms with Crippen LogP contribution in [0.5, 0.6) is 0 Å². The van der Waals surface area contributed by atoms with Crippen molar-refractivity contribution in [3.63, 3.8) is 0 Å². The van der Waals surface area contributed by atoms with E-state index in [1.165, 1.54) is 0 Å². The first-order chi connectivity index (χ1) is 8.24. The Bertz CT molecular complexity index is 475. The summed E-state index contributed by atoms with van der Waals surface area (Å²) in [5, 5.41) is 12.3. The molecule has 5 nitrogen and oxygen atoms in total. The number of aliphatic hydroxyl groups is 1. The van der Waals surface area contributed by atoms with Crippen molar-refractivity contribution in [3.05, 3.63) is 22.7 Å². The van der Waals surface area contributed by atoms with Crippen LogP contribution in [0.3, 0.4) is 0 Å². The number of nitrogens with one attached hydrogen (secondary N) is 1. The molecule has 5 heteroatoms. The zero-order valence-electron chi connectivity index (χ0n) is 9.72. The van der Waals surface area contributed by atoms with E-state index in [4.69, 9.17) is 0 Å². The van der Waals surface area contributed by atoms with Crippen LogP contribution >= 0.6 is 0 Å². The third kappa shape index (κ3) is 2.07. The Morgan fingerprint density at radius 1 is 1.53 bits per heavy atom. The first kappa shape index (κ1) is 10.8. The van der Waals surface area contributed by atoms with Gasteiger partial charge in [-0.15, -0.1) is 0 Å². The predicted molar refractivity (Wildman–Crippen MR) is 64.0 cm³/mol. The topological polar surface area (TPSA) is 67.2 Å². The van der Waals surface area contributed by atoms with Crippen LogP contribution in [0.25, 0.3) is 0 Å². The average molecular weight is 235 g/mol. The molecule has 17 heavy (non-hydrogen) atoms. The third-order valence-corrected chi connectivity index (χ3v) is 3.73. The highest BCUT2D eigenvalue weighted by atomic mass is 16.3. The highest BCUT2D eigenvalue weighted by Gasteiger charge is 2.41. The Morgan fingerprint density at radius 3 is 2.88 bits per heavy atom. The molecule has 1 aromatic rings. The molecule has 0 amide bonds. The van der Waals surface area contributed by atoms with Gasteiger partial charge >= 0.3 is 0 Å². The van der Waals surface area contributed by atoms with Gasteiger partial charge in [0.1, 0.15) is 0 Å². The van der Waals surface area contributed by atoms with Crippen LogP contribution in [-0.4, -0.2) is 27.8 Å². The van der Waals surface area contributed by atoms with E-state index < -0.39 is 0 Å². The van der Waals surface area contributed by atoms with E-state index in [2.05, 4.69) is 10.3 Å². The molecule has 2 saturated carbocycles. The molecule has 0 atom stereocenters. The molecule has 2 aliphatic carbocycles. The number of nitrogens with zero attached hydrogens (tertiary/aromatic N) is 2. The van der Waals surface area contributed by atoms with Gasteiger partial charge in [0.25, 0.3) is 5.56 Å². The van der Waals surface area contributed by atoms with Crippen LogP contribution in [0.2, 0.25) is 0 Å². The Morgan fingerprint density at radius 2 is 2.29 bits per heavy atom. The van der Waals surface area contributed by atoms with Gasteiger partial charge in [-0.2, -0.15) is 0 Å². The largest absolute Gasteiger partial charge is 0.396 e. The normalized spacial score (nSPS) is 21.2. The zero-order chi connectivity index (χ0) is 11.9. The third-order valence-electron chi connectivity index (χ3n) is 3.73. The van der Waals surface area contributed by atoms with E-state index in [0.29, 0.717) is 18.4 Å². The van der Waals surface area contributed by atoms with Gasteiger partial charge < -0.3 is 15.0 Å². The molecule has 2 fully saturated rings. The van der Waals surface area contributed by atoms with Crippen molar-refractivity contribution >= 4 is 5.82 Å². The Hall–Kier alpha value is -1.36. The Balaban J connectivity index is 1.74. The molecule has 0 unspecified atom stereocenters. The summed E-state index contributed by atoms with van der Waals surface area (Å²) in [6.07, 6.45) is 7.65. The Labute approximate surface area is 99.5 Å². The lowest BCUT2D eigenvalue weighted by molar-refractivity contribution is 0.219. The fourth-order valence-corrected chi connectivity index (χ4v) is 2.03. The molecule has 92 valence electrons. The van der Waals surface area contributed by atoms with E-state index in [0.717, 1.165) is 25.7 Å². The van der Waals surface area contributed by atoms with Gasteiger partial charge in [0.2, 0.25) is 0 Å². The average Bonchev–Trinajstić information content (AvgIpc) is 3.23. The smallest absolute Gasteiger partial charge is 0.293 e. The van der Waals surface area contributed by atoms with Crippen molar-refractivity contribution in [2.75, 3.05) is 18.5 Å². The molecule has 0 saturated heterocycles. The van der Waals surface area contributed by atoms with Crippen molar-refractivity contribution in [1.82, 2.24) is 9.55 Å². The molecule has 1 heterocycles. The summed E-state index contributed by atoms with van der Waals surface area (Å²) in [4.78, 5) is 16.1. The van der Waals surface area contributed by atoms with E-state index in [-0.39, 0.29) is 17.6 Å². The quantitative estimate of drug-likeness (QED) is 0.790. The number of rotatable bonds is 5. The summed E-state index contributed by atoms with van der Waals surface area (Å²) >= 11 is 0. The van der Waals surface area contributed by atoms with Crippen LogP contribution in [-0.2, 0) is 0 Å². The second-order valence-electron chi connectivity index (χ2n) is 5.23. The predicted octanol–water partition coefficient (Wildman–Crippen LogP) is 0.763. The second-order valence-corrected chi connectivity index (χ2v) is 5.23. The molecule has 2 N–H and O–H groups in total. The van der Waals surface area contributed by atoms with Crippen molar-refractivity contribution in [2.24, 2.45) is 5.41 Å². The van der Waals surface area contributed by atoms with E-state index >= 15 is 0 Å².